The summed E-state index contributed by atoms with van der Waals surface area (Å²) < 4.78 is 0. The largest absolute Gasteiger partial charge is 0.357 e. The first-order valence-electron chi connectivity index (χ1n) is 10.3. The van der Waals surface area contributed by atoms with Crippen LogP contribution in [-0.2, 0) is 19.2 Å². The topological polar surface area (TPSA) is 95.6 Å². The van der Waals surface area contributed by atoms with Gasteiger partial charge in [-0.3, -0.25) is 24.1 Å². The molecule has 30 heavy (non-hydrogen) atoms. The number of imide groups is 1. The zero-order chi connectivity index (χ0) is 22.3. The third kappa shape index (κ3) is 6.08. The van der Waals surface area contributed by atoms with E-state index in [9.17, 15) is 19.2 Å². The summed E-state index contributed by atoms with van der Waals surface area (Å²) in [6.07, 6.45) is 8.35. The van der Waals surface area contributed by atoms with Gasteiger partial charge < -0.3 is 10.6 Å². The molecule has 2 unspecified atom stereocenters. The number of allylic oxidation sites excluding steroid dienone is 3. The normalized spacial score (nSPS) is 25.6. The highest BCUT2D eigenvalue weighted by molar-refractivity contribution is 7.81. The lowest BCUT2D eigenvalue weighted by molar-refractivity contribution is -0.139. The van der Waals surface area contributed by atoms with Crippen LogP contribution in [0.5, 0.6) is 0 Å². The van der Waals surface area contributed by atoms with Gasteiger partial charge in [0, 0.05) is 32.4 Å². The van der Waals surface area contributed by atoms with Crippen LogP contribution < -0.4 is 10.6 Å². The maximum atomic E-state index is 12.8. The van der Waals surface area contributed by atoms with E-state index in [1.165, 1.54) is 11.9 Å². The Morgan fingerprint density at radius 2 is 1.90 bits per heavy atom. The van der Waals surface area contributed by atoms with Gasteiger partial charge in [0.25, 0.3) is 0 Å². The van der Waals surface area contributed by atoms with Crippen LogP contribution in [0, 0.1) is 11.8 Å². The lowest BCUT2D eigenvalue weighted by atomic mass is 9.81. The first-order chi connectivity index (χ1) is 14.3. The Morgan fingerprint density at radius 1 is 1.23 bits per heavy atom. The second-order valence-electron chi connectivity index (χ2n) is 7.84. The number of hydrogen-bond donors (Lipinski definition) is 3. The molecule has 0 aromatic rings. The van der Waals surface area contributed by atoms with Gasteiger partial charge in [0.05, 0.1) is 5.25 Å². The number of thiol groups is 1. The average Bonchev–Trinajstić information content (AvgIpc) is 2.98. The summed E-state index contributed by atoms with van der Waals surface area (Å²) in [5.41, 5.74) is 0.810. The molecule has 2 atom stereocenters. The summed E-state index contributed by atoms with van der Waals surface area (Å²) in [5, 5.41) is 4.92. The molecule has 2 aliphatic rings. The molecular formula is C22H31N3O4S. The highest BCUT2D eigenvalue weighted by Crippen LogP contribution is 2.31. The molecule has 7 nitrogen and oxygen atoms in total. The van der Waals surface area contributed by atoms with Gasteiger partial charge in [-0.15, -0.1) is 0 Å². The van der Waals surface area contributed by atoms with E-state index in [0.29, 0.717) is 25.8 Å². The van der Waals surface area contributed by atoms with E-state index in [4.69, 9.17) is 0 Å². The Labute approximate surface area is 183 Å². The monoisotopic (exact) mass is 433 g/mol. The van der Waals surface area contributed by atoms with Crippen LogP contribution in [0.2, 0.25) is 0 Å². The number of likely N-dealkylation sites (N-methyl/N-ethyl adjacent to an activating group) is 1. The van der Waals surface area contributed by atoms with Crippen molar-refractivity contribution < 1.29 is 19.2 Å². The van der Waals surface area contributed by atoms with Gasteiger partial charge in [-0.05, 0) is 37.2 Å². The van der Waals surface area contributed by atoms with Crippen LogP contribution in [0.15, 0.2) is 37.0 Å². The maximum absolute atomic E-state index is 12.8. The van der Waals surface area contributed by atoms with Gasteiger partial charge in [0.15, 0.2) is 0 Å². The average molecular weight is 434 g/mol. The van der Waals surface area contributed by atoms with Crippen LogP contribution in [0.1, 0.15) is 38.5 Å². The number of nitrogens with zero attached hydrogens (tertiary/aromatic N) is 1. The molecule has 2 fully saturated rings. The minimum atomic E-state index is -0.684. The molecule has 1 heterocycles. The summed E-state index contributed by atoms with van der Waals surface area (Å²) in [4.78, 5) is 50.3. The molecule has 0 bridgehead atoms. The Morgan fingerprint density at radius 3 is 2.40 bits per heavy atom. The Kier molecular flexibility index (Phi) is 8.89. The minimum absolute atomic E-state index is 0.146. The van der Waals surface area contributed by atoms with Gasteiger partial charge in [-0.2, -0.15) is 12.6 Å². The lowest BCUT2D eigenvalue weighted by Crippen LogP contribution is -2.48. The molecule has 0 radical (unpaired) electrons. The number of carbonyl (C=O) groups excluding carboxylic acids is 4. The summed E-state index contributed by atoms with van der Waals surface area (Å²) in [5.74, 6) is -0.792. The van der Waals surface area contributed by atoms with E-state index in [1.807, 2.05) is 0 Å². The molecule has 1 aliphatic carbocycles. The van der Waals surface area contributed by atoms with E-state index in [2.05, 4.69) is 36.4 Å². The first-order valence-corrected chi connectivity index (χ1v) is 10.8. The molecule has 164 valence electrons. The molecule has 0 aromatic heterocycles. The predicted molar refractivity (Wildman–Crippen MR) is 119 cm³/mol. The molecule has 1 saturated carbocycles. The van der Waals surface area contributed by atoms with E-state index < -0.39 is 11.3 Å². The highest BCUT2D eigenvalue weighted by atomic mass is 32.1. The molecule has 4 amide bonds. The summed E-state index contributed by atoms with van der Waals surface area (Å²) in [6.45, 7) is 7.79. The second kappa shape index (κ2) is 11.2. The Hall–Kier alpha value is -2.35. The van der Waals surface area contributed by atoms with E-state index in [1.54, 1.807) is 18.2 Å². The number of carbonyl (C=O) groups is 4. The van der Waals surface area contributed by atoms with E-state index in [-0.39, 0.29) is 41.9 Å². The van der Waals surface area contributed by atoms with Crippen molar-refractivity contribution in [3.63, 3.8) is 0 Å². The van der Waals surface area contributed by atoms with Crippen molar-refractivity contribution in [3.8, 4) is 0 Å². The number of hydrogen-bond acceptors (Lipinski definition) is 5. The van der Waals surface area contributed by atoms with Crippen molar-refractivity contribution in [1.82, 2.24) is 15.5 Å². The van der Waals surface area contributed by atoms with E-state index in [0.717, 1.165) is 18.4 Å². The smallest absolute Gasteiger partial charge is 0.242 e. The third-order valence-electron chi connectivity index (χ3n) is 5.79. The molecule has 2 rings (SSSR count). The second-order valence-corrected chi connectivity index (χ2v) is 8.46. The van der Waals surface area contributed by atoms with Crippen LogP contribution in [0.4, 0.5) is 0 Å². The van der Waals surface area contributed by atoms with Crippen molar-refractivity contribution in [1.29, 1.82) is 0 Å². The molecule has 1 saturated heterocycles. The lowest BCUT2D eigenvalue weighted by Gasteiger charge is -2.31. The van der Waals surface area contributed by atoms with E-state index >= 15 is 0 Å². The van der Waals surface area contributed by atoms with Gasteiger partial charge >= 0.3 is 0 Å². The summed E-state index contributed by atoms with van der Waals surface area (Å²) in [6, 6.07) is -0.684. The zero-order valence-corrected chi connectivity index (χ0v) is 18.3. The zero-order valence-electron chi connectivity index (χ0n) is 17.4. The molecule has 2 N–H and O–H groups in total. The fraction of sp³-hybridized carbons (Fsp3) is 0.545. The highest BCUT2D eigenvalue weighted by Gasteiger charge is 2.38. The molecule has 8 heteroatoms. The SMILES string of the molecule is C=C/C=C(\C=C)CC(NC(=O)C1CCC(CN2C(=O)CC(S)C2=O)CC1)C(=O)NC. The van der Waals surface area contributed by atoms with Gasteiger partial charge in [0.2, 0.25) is 23.6 Å². The van der Waals surface area contributed by atoms with Crippen molar-refractivity contribution in [2.75, 3.05) is 13.6 Å². The number of amides is 4. The summed E-state index contributed by atoms with van der Waals surface area (Å²) in [7, 11) is 1.54. The first kappa shape index (κ1) is 23.9. The van der Waals surface area contributed by atoms with Crippen molar-refractivity contribution in [3.05, 3.63) is 37.0 Å². The van der Waals surface area contributed by atoms with Crippen LogP contribution in [0.3, 0.4) is 0 Å². The van der Waals surface area contributed by atoms with Gasteiger partial charge in [-0.1, -0.05) is 31.4 Å². The standard InChI is InChI=1S/C22H31N3O4S/c1-4-6-14(5-2)11-17(21(28)23-3)24-20(27)16-9-7-15(8-10-16)13-25-19(26)12-18(30)22(25)29/h4-6,15-18,30H,1-2,7-13H2,3H3,(H,23,28)(H,24,27)/b14-6+. The molecule has 1 aliphatic heterocycles. The van der Waals surface area contributed by atoms with Crippen molar-refractivity contribution >= 4 is 36.3 Å². The fourth-order valence-electron chi connectivity index (χ4n) is 4.00. The van der Waals surface area contributed by atoms with Gasteiger partial charge in [-0.25, -0.2) is 0 Å². The quantitative estimate of drug-likeness (QED) is 0.293. The van der Waals surface area contributed by atoms with Crippen molar-refractivity contribution in [2.45, 2.75) is 49.8 Å². The molecule has 0 spiro atoms. The summed E-state index contributed by atoms with van der Waals surface area (Å²) >= 11 is 4.15. The number of likely N-dealkylation sites (tertiary alicyclic amines) is 1. The van der Waals surface area contributed by atoms with Gasteiger partial charge in [0.1, 0.15) is 6.04 Å². The third-order valence-corrected chi connectivity index (χ3v) is 6.20. The molecular weight excluding hydrogens is 402 g/mol. The maximum Gasteiger partial charge on any atom is 0.242 e. The van der Waals surface area contributed by atoms with Crippen LogP contribution in [-0.4, -0.2) is 53.4 Å². The Bertz CT molecular complexity index is 741. The number of rotatable bonds is 9. The number of nitrogens with one attached hydrogen (secondary N) is 2. The minimum Gasteiger partial charge on any atom is -0.357 e. The molecule has 0 aromatic carbocycles. The fourth-order valence-corrected chi connectivity index (χ4v) is 4.30. The van der Waals surface area contributed by atoms with Crippen molar-refractivity contribution in [2.24, 2.45) is 11.8 Å². The van der Waals surface area contributed by atoms with Crippen LogP contribution in [0.25, 0.3) is 0 Å². The van der Waals surface area contributed by atoms with Crippen LogP contribution >= 0.6 is 12.6 Å². The Balaban J connectivity index is 1.90. The predicted octanol–water partition coefficient (Wildman–Crippen LogP) is 1.77.